The van der Waals surface area contributed by atoms with Gasteiger partial charge in [-0.3, -0.25) is 0 Å². The summed E-state index contributed by atoms with van der Waals surface area (Å²) in [5.74, 6) is 0.0253. The maximum atomic E-state index is 12.3. The van der Waals surface area contributed by atoms with Crippen molar-refractivity contribution in [3.05, 3.63) is 42.9 Å². The molecule has 0 saturated heterocycles. The van der Waals surface area contributed by atoms with Crippen molar-refractivity contribution < 1.29 is 8.42 Å². The molecule has 3 aromatic rings. The van der Waals surface area contributed by atoms with Crippen LogP contribution in [0.2, 0.25) is 0 Å². The van der Waals surface area contributed by atoms with Gasteiger partial charge in [0, 0.05) is 35.2 Å². The summed E-state index contributed by atoms with van der Waals surface area (Å²) in [5, 5.41) is 0.558. The van der Waals surface area contributed by atoms with E-state index in [-0.39, 0.29) is 10.8 Å². The first kappa shape index (κ1) is 12.4. The number of nitrogens with one attached hydrogen (secondary N) is 2. The third-order valence-electron chi connectivity index (χ3n) is 2.75. The average molecular weight is 289 g/mol. The molecule has 0 unspecified atom stereocenters. The molecule has 0 saturated carbocycles. The summed E-state index contributed by atoms with van der Waals surface area (Å²) in [5.41, 5.74) is 6.87. The van der Waals surface area contributed by atoms with Crippen LogP contribution in [0.1, 0.15) is 0 Å². The van der Waals surface area contributed by atoms with Gasteiger partial charge in [0.15, 0.2) is 0 Å². The Labute approximate surface area is 114 Å². The molecule has 4 N–H and O–H groups in total. The third kappa shape index (κ3) is 2.16. The van der Waals surface area contributed by atoms with Crippen molar-refractivity contribution in [3.8, 4) is 0 Å². The Hall–Kier alpha value is -2.61. The topological polar surface area (TPSA) is 114 Å². The zero-order valence-corrected chi connectivity index (χ0v) is 11.1. The van der Waals surface area contributed by atoms with Crippen molar-refractivity contribution in [2.24, 2.45) is 0 Å². The van der Waals surface area contributed by atoms with Gasteiger partial charge in [-0.05, 0) is 24.3 Å². The molecule has 0 bridgehead atoms. The number of aromatic amines is 1. The van der Waals surface area contributed by atoms with E-state index >= 15 is 0 Å². The Morgan fingerprint density at radius 1 is 1.20 bits per heavy atom. The molecule has 0 amide bonds. The molecule has 0 aliphatic carbocycles. The minimum Gasteiger partial charge on any atom is -0.399 e. The Balaban J connectivity index is 2.06. The van der Waals surface area contributed by atoms with Gasteiger partial charge in [-0.15, -0.1) is 0 Å². The molecule has 3 rings (SSSR count). The second-order valence-corrected chi connectivity index (χ2v) is 5.79. The standard InChI is InChI=1S/C12H11N5O2S/c13-8-2-3-9-10(6-8)16-7-11(9)20(18,19)17-12-14-4-1-5-15-12/h1-7,16H,13H2,(H,14,15,17). The van der Waals surface area contributed by atoms with Gasteiger partial charge in [0.25, 0.3) is 10.0 Å². The fraction of sp³-hybridized carbons (Fsp3) is 0. The fourth-order valence-corrected chi connectivity index (χ4v) is 3.00. The van der Waals surface area contributed by atoms with Crippen LogP contribution < -0.4 is 10.5 Å². The number of H-pyrrole nitrogens is 1. The highest BCUT2D eigenvalue weighted by Crippen LogP contribution is 2.25. The summed E-state index contributed by atoms with van der Waals surface area (Å²) < 4.78 is 27.0. The van der Waals surface area contributed by atoms with Crippen LogP contribution >= 0.6 is 0 Å². The van der Waals surface area contributed by atoms with Crippen molar-refractivity contribution in [1.29, 1.82) is 0 Å². The van der Waals surface area contributed by atoms with E-state index in [1.165, 1.54) is 18.6 Å². The lowest BCUT2D eigenvalue weighted by Crippen LogP contribution is -2.14. The Bertz CT molecular complexity index is 858. The molecular weight excluding hydrogens is 278 g/mol. The Morgan fingerprint density at radius 3 is 2.70 bits per heavy atom. The quantitative estimate of drug-likeness (QED) is 0.630. The molecule has 0 fully saturated rings. The number of nitrogens with zero attached hydrogens (tertiary/aromatic N) is 2. The lowest BCUT2D eigenvalue weighted by Gasteiger charge is -2.04. The normalized spacial score (nSPS) is 11.6. The van der Waals surface area contributed by atoms with Crippen LogP contribution in [-0.2, 0) is 10.0 Å². The number of hydrogen-bond acceptors (Lipinski definition) is 5. The molecule has 0 atom stereocenters. The smallest absolute Gasteiger partial charge is 0.266 e. The number of hydrogen-bond donors (Lipinski definition) is 3. The van der Waals surface area contributed by atoms with E-state index in [0.717, 1.165) is 0 Å². The van der Waals surface area contributed by atoms with Crippen LogP contribution in [0, 0.1) is 0 Å². The molecular formula is C12H11N5O2S. The summed E-state index contributed by atoms with van der Waals surface area (Å²) in [6.07, 6.45) is 4.33. The number of nitrogens with two attached hydrogens (primary N) is 1. The molecule has 0 aliphatic rings. The molecule has 20 heavy (non-hydrogen) atoms. The van der Waals surface area contributed by atoms with Gasteiger partial charge >= 0.3 is 0 Å². The molecule has 1 aromatic carbocycles. The molecule has 8 heteroatoms. The molecule has 102 valence electrons. The van der Waals surface area contributed by atoms with Gasteiger partial charge in [-0.2, -0.15) is 0 Å². The van der Waals surface area contributed by atoms with Gasteiger partial charge < -0.3 is 10.7 Å². The number of aromatic nitrogens is 3. The molecule has 2 heterocycles. The molecule has 0 radical (unpaired) electrons. The van der Waals surface area contributed by atoms with Crippen molar-refractivity contribution in [2.45, 2.75) is 4.90 Å². The highest BCUT2D eigenvalue weighted by atomic mass is 32.2. The second-order valence-electron chi connectivity index (χ2n) is 4.14. The average Bonchev–Trinajstić information content (AvgIpc) is 2.83. The number of rotatable bonds is 3. The van der Waals surface area contributed by atoms with Gasteiger partial charge in [0.1, 0.15) is 4.90 Å². The van der Waals surface area contributed by atoms with Gasteiger partial charge in [0.05, 0.1) is 0 Å². The Morgan fingerprint density at radius 2 is 1.95 bits per heavy atom. The first-order valence-electron chi connectivity index (χ1n) is 5.73. The van der Waals surface area contributed by atoms with Gasteiger partial charge in [-0.25, -0.2) is 23.1 Å². The lowest BCUT2D eigenvalue weighted by atomic mass is 10.2. The fourth-order valence-electron chi connectivity index (χ4n) is 1.87. The zero-order chi connectivity index (χ0) is 14.2. The number of nitrogen functional groups attached to an aromatic ring is 1. The Kier molecular flexibility index (Phi) is 2.79. The number of anilines is 2. The number of fused-ring (bicyclic) bond motifs is 1. The van der Waals surface area contributed by atoms with E-state index < -0.39 is 10.0 Å². The van der Waals surface area contributed by atoms with Crippen molar-refractivity contribution in [2.75, 3.05) is 10.5 Å². The van der Waals surface area contributed by atoms with Gasteiger partial charge in [-0.1, -0.05) is 0 Å². The van der Waals surface area contributed by atoms with E-state index in [9.17, 15) is 8.42 Å². The third-order valence-corrected chi connectivity index (χ3v) is 4.12. The van der Waals surface area contributed by atoms with Crippen LogP contribution in [0.3, 0.4) is 0 Å². The predicted octanol–water partition coefficient (Wildman–Crippen LogP) is 1.34. The predicted molar refractivity (Wildman–Crippen MR) is 75.6 cm³/mol. The molecule has 0 spiro atoms. The van der Waals surface area contributed by atoms with Crippen molar-refractivity contribution in [3.63, 3.8) is 0 Å². The van der Waals surface area contributed by atoms with Crippen LogP contribution in [0.5, 0.6) is 0 Å². The molecule has 7 nitrogen and oxygen atoms in total. The van der Waals surface area contributed by atoms with E-state index in [1.807, 2.05) is 0 Å². The van der Waals surface area contributed by atoms with E-state index in [4.69, 9.17) is 5.73 Å². The largest absolute Gasteiger partial charge is 0.399 e. The number of sulfonamides is 1. The van der Waals surface area contributed by atoms with E-state index in [2.05, 4.69) is 19.7 Å². The van der Waals surface area contributed by atoms with Crippen LogP contribution in [0.15, 0.2) is 47.8 Å². The maximum Gasteiger partial charge on any atom is 0.266 e. The lowest BCUT2D eigenvalue weighted by molar-refractivity contribution is 0.601. The highest BCUT2D eigenvalue weighted by Gasteiger charge is 2.20. The SMILES string of the molecule is Nc1ccc2c(S(=O)(=O)Nc3ncccn3)c[nH]c2c1. The van der Waals surface area contributed by atoms with Crippen LogP contribution in [0.25, 0.3) is 10.9 Å². The van der Waals surface area contributed by atoms with Crippen molar-refractivity contribution in [1.82, 2.24) is 15.0 Å². The first-order valence-corrected chi connectivity index (χ1v) is 7.21. The monoisotopic (exact) mass is 289 g/mol. The summed E-state index contributed by atoms with van der Waals surface area (Å²) in [6.45, 7) is 0. The maximum absolute atomic E-state index is 12.3. The summed E-state index contributed by atoms with van der Waals surface area (Å²) in [6, 6.07) is 6.58. The summed E-state index contributed by atoms with van der Waals surface area (Å²) in [7, 11) is -3.76. The highest BCUT2D eigenvalue weighted by molar-refractivity contribution is 7.93. The van der Waals surface area contributed by atoms with E-state index in [0.29, 0.717) is 16.6 Å². The van der Waals surface area contributed by atoms with Gasteiger partial charge in [0.2, 0.25) is 5.95 Å². The molecule has 0 aliphatic heterocycles. The van der Waals surface area contributed by atoms with Crippen LogP contribution in [0.4, 0.5) is 11.6 Å². The second kappa shape index (κ2) is 4.49. The number of benzene rings is 1. The summed E-state index contributed by atoms with van der Waals surface area (Å²) >= 11 is 0. The van der Waals surface area contributed by atoms with E-state index in [1.54, 1.807) is 24.3 Å². The minimum absolute atomic E-state index is 0.0253. The summed E-state index contributed by atoms with van der Waals surface area (Å²) in [4.78, 5) is 10.7. The van der Waals surface area contributed by atoms with Crippen LogP contribution in [-0.4, -0.2) is 23.4 Å². The molecule has 2 aromatic heterocycles. The van der Waals surface area contributed by atoms with Crippen molar-refractivity contribution >= 4 is 32.6 Å². The first-order chi connectivity index (χ1) is 9.56. The minimum atomic E-state index is -3.76. The zero-order valence-electron chi connectivity index (χ0n) is 10.2.